The number of nitrogens with one attached hydrogen (secondary N) is 3. The van der Waals surface area contributed by atoms with E-state index in [0.29, 0.717) is 23.0 Å². The lowest BCUT2D eigenvalue weighted by atomic mass is 9.85. The van der Waals surface area contributed by atoms with Crippen LogP contribution in [-0.2, 0) is 9.47 Å². The molecule has 0 aromatic heterocycles. The molecule has 1 aliphatic carbocycles. The highest BCUT2D eigenvalue weighted by atomic mass is 35.5. The summed E-state index contributed by atoms with van der Waals surface area (Å²) < 4.78 is 25.8. The molecule has 7 nitrogen and oxygen atoms in total. The largest absolute Gasteiger partial charge is 0.447 e. The zero-order chi connectivity index (χ0) is 26.6. The van der Waals surface area contributed by atoms with Crippen LogP contribution in [0.1, 0.15) is 66.1 Å². The van der Waals surface area contributed by atoms with Gasteiger partial charge in [-0.05, 0) is 54.8 Å². The molecule has 1 fully saturated rings. The van der Waals surface area contributed by atoms with Crippen molar-refractivity contribution >= 4 is 23.6 Å². The Morgan fingerprint density at radius 2 is 1.81 bits per heavy atom. The van der Waals surface area contributed by atoms with E-state index in [2.05, 4.69) is 16.0 Å². The number of carbonyl (C=O) groups is 2. The van der Waals surface area contributed by atoms with Gasteiger partial charge in [0, 0.05) is 24.7 Å². The Labute approximate surface area is 223 Å². The number of halogens is 2. The third-order valence-corrected chi connectivity index (χ3v) is 6.99. The first-order valence-electron chi connectivity index (χ1n) is 12.9. The summed E-state index contributed by atoms with van der Waals surface area (Å²) in [4.78, 5) is 24.4. The molecule has 2 aromatic carbocycles. The Balaban J connectivity index is 1.71. The average molecular weight is 534 g/mol. The van der Waals surface area contributed by atoms with Crippen LogP contribution >= 0.6 is 11.6 Å². The number of ether oxygens (including phenoxy) is 2. The third-order valence-electron chi connectivity index (χ3n) is 6.75. The maximum atomic E-state index is 14.8. The molecule has 2 atom stereocenters. The van der Waals surface area contributed by atoms with Crippen molar-refractivity contribution in [2.75, 3.05) is 33.9 Å². The van der Waals surface area contributed by atoms with Crippen molar-refractivity contribution in [2.24, 2.45) is 5.92 Å². The first kappa shape index (κ1) is 28.9. The van der Waals surface area contributed by atoms with Crippen molar-refractivity contribution in [1.29, 1.82) is 0 Å². The van der Waals surface area contributed by atoms with Gasteiger partial charge < -0.3 is 25.4 Å². The second kappa shape index (κ2) is 14.9. The van der Waals surface area contributed by atoms with E-state index in [0.717, 1.165) is 12.0 Å². The van der Waals surface area contributed by atoms with Crippen LogP contribution in [0.4, 0.5) is 9.18 Å². The molecule has 0 saturated heterocycles. The van der Waals surface area contributed by atoms with Crippen molar-refractivity contribution in [3.05, 3.63) is 70.0 Å². The number of benzene rings is 2. The Morgan fingerprint density at radius 1 is 1.05 bits per heavy atom. The molecule has 1 unspecified atom stereocenters. The predicted octanol–water partition coefficient (Wildman–Crippen LogP) is 5.23. The van der Waals surface area contributed by atoms with Gasteiger partial charge in [0.2, 0.25) is 0 Å². The minimum absolute atomic E-state index is 0.0255. The number of hydrogen-bond donors (Lipinski definition) is 3. The van der Waals surface area contributed by atoms with Crippen LogP contribution < -0.4 is 16.0 Å². The third kappa shape index (κ3) is 8.98. The van der Waals surface area contributed by atoms with E-state index in [1.807, 2.05) is 13.1 Å². The van der Waals surface area contributed by atoms with Gasteiger partial charge in [-0.2, -0.15) is 0 Å². The molecule has 0 heterocycles. The molecular weight excluding hydrogens is 497 g/mol. The zero-order valence-electron chi connectivity index (χ0n) is 21.5. The predicted molar refractivity (Wildman–Crippen MR) is 142 cm³/mol. The van der Waals surface area contributed by atoms with Crippen LogP contribution in [0.5, 0.6) is 0 Å². The minimum Gasteiger partial charge on any atom is -0.447 e. The Hall–Kier alpha value is -2.68. The Morgan fingerprint density at radius 3 is 2.51 bits per heavy atom. The highest BCUT2D eigenvalue weighted by Crippen LogP contribution is 2.30. The molecule has 1 aliphatic rings. The maximum absolute atomic E-state index is 14.8. The summed E-state index contributed by atoms with van der Waals surface area (Å²) in [6.45, 7) is 0.534. The molecule has 0 bridgehead atoms. The molecule has 0 aliphatic heterocycles. The Kier molecular flexibility index (Phi) is 11.6. The lowest BCUT2D eigenvalue weighted by Gasteiger charge is -2.26. The van der Waals surface area contributed by atoms with E-state index in [1.54, 1.807) is 24.3 Å². The summed E-state index contributed by atoms with van der Waals surface area (Å²) in [5.41, 5.74) is 1.26. The summed E-state index contributed by atoms with van der Waals surface area (Å²) in [5.74, 6) is -0.426. The number of amides is 2. The fourth-order valence-electron chi connectivity index (χ4n) is 4.75. The molecule has 2 amide bonds. The monoisotopic (exact) mass is 533 g/mol. The van der Waals surface area contributed by atoms with Crippen molar-refractivity contribution in [3.8, 4) is 0 Å². The molecule has 202 valence electrons. The molecule has 3 rings (SSSR count). The summed E-state index contributed by atoms with van der Waals surface area (Å²) in [6, 6.07) is 11.6. The van der Waals surface area contributed by atoms with Crippen LogP contribution in [0.3, 0.4) is 0 Å². The standard InChI is InChI=1S/C28H37ClFN3O4/c1-31-23(15-19-7-4-3-5-8-19)18-33-27(34)24-17-21(11-12-25(24)30)26(20-9-6-10-22(29)16-20)36-13-14-37-28(35)32-2/h6,9-12,16-17,19,23,26,31H,3-5,7-8,13-15,18H2,1-2H3,(H,32,35)(H,33,34)/t23-,26?/m0/s1. The number of alkyl carbamates (subject to hydrolysis) is 1. The highest BCUT2D eigenvalue weighted by Gasteiger charge is 2.22. The fraction of sp³-hybridized carbons (Fsp3) is 0.500. The summed E-state index contributed by atoms with van der Waals surface area (Å²) in [7, 11) is 3.36. The molecule has 1 saturated carbocycles. The Bertz CT molecular complexity index is 1030. The number of hydrogen-bond acceptors (Lipinski definition) is 5. The lowest BCUT2D eigenvalue weighted by molar-refractivity contribution is 0.0405. The van der Waals surface area contributed by atoms with E-state index < -0.39 is 23.9 Å². The van der Waals surface area contributed by atoms with Crippen LogP contribution in [0.2, 0.25) is 5.02 Å². The van der Waals surface area contributed by atoms with Gasteiger partial charge in [0.05, 0.1) is 12.2 Å². The van der Waals surface area contributed by atoms with Gasteiger partial charge in [0.1, 0.15) is 18.5 Å². The molecule has 37 heavy (non-hydrogen) atoms. The molecule has 3 N–H and O–H groups in total. The van der Waals surface area contributed by atoms with E-state index in [9.17, 15) is 14.0 Å². The van der Waals surface area contributed by atoms with Gasteiger partial charge >= 0.3 is 6.09 Å². The quantitative estimate of drug-likeness (QED) is 0.325. The number of likely N-dealkylation sites (N-methyl/N-ethyl adjacent to an activating group) is 1. The second-order valence-corrected chi connectivity index (χ2v) is 9.80. The SMILES string of the molecule is CNC(=O)OCCOC(c1cccc(Cl)c1)c1ccc(F)c(C(=O)NC[C@H](CC2CCCCC2)NC)c1. The van der Waals surface area contributed by atoms with Gasteiger partial charge in [0.15, 0.2) is 0 Å². The summed E-state index contributed by atoms with van der Waals surface area (Å²) in [5, 5.41) is 9.07. The topological polar surface area (TPSA) is 88.7 Å². The van der Waals surface area contributed by atoms with Gasteiger partial charge in [-0.3, -0.25) is 4.79 Å². The van der Waals surface area contributed by atoms with E-state index in [-0.39, 0.29) is 24.8 Å². The van der Waals surface area contributed by atoms with E-state index in [1.165, 1.54) is 51.3 Å². The summed E-state index contributed by atoms with van der Waals surface area (Å²) in [6.07, 6.45) is 6.06. The van der Waals surface area contributed by atoms with Crippen molar-refractivity contribution < 1.29 is 23.5 Å². The average Bonchev–Trinajstić information content (AvgIpc) is 2.91. The minimum atomic E-state index is -0.643. The fourth-order valence-corrected chi connectivity index (χ4v) is 4.95. The highest BCUT2D eigenvalue weighted by molar-refractivity contribution is 6.30. The van der Waals surface area contributed by atoms with Crippen molar-refractivity contribution in [3.63, 3.8) is 0 Å². The van der Waals surface area contributed by atoms with Gasteiger partial charge in [-0.25, -0.2) is 9.18 Å². The lowest BCUT2D eigenvalue weighted by Crippen LogP contribution is -2.40. The number of rotatable bonds is 12. The molecule has 2 aromatic rings. The van der Waals surface area contributed by atoms with Crippen LogP contribution in [0.15, 0.2) is 42.5 Å². The first-order chi connectivity index (χ1) is 17.9. The molecule has 0 radical (unpaired) electrons. The normalized spacial score (nSPS) is 15.6. The van der Waals surface area contributed by atoms with Crippen LogP contribution in [-0.4, -0.2) is 51.9 Å². The maximum Gasteiger partial charge on any atom is 0.406 e. The van der Waals surface area contributed by atoms with Gasteiger partial charge in [-0.1, -0.05) is 61.9 Å². The van der Waals surface area contributed by atoms with E-state index >= 15 is 0 Å². The van der Waals surface area contributed by atoms with Crippen LogP contribution in [0.25, 0.3) is 0 Å². The summed E-state index contributed by atoms with van der Waals surface area (Å²) >= 11 is 6.20. The zero-order valence-corrected chi connectivity index (χ0v) is 22.3. The second-order valence-electron chi connectivity index (χ2n) is 9.37. The first-order valence-corrected chi connectivity index (χ1v) is 13.3. The van der Waals surface area contributed by atoms with Gasteiger partial charge in [-0.15, -0.1) is 0 Å². The number of carbonyl (C=O) groups excluding carboxylic acids is 2. The molecular formula is C28H37ClFN3O4. The van der Waals surface area contributed by atoms with Crippen molar-refractivity contribution in [2.45, 2.75) is 50.7 Å². The van der Waals surface area contributed by atoms with E-state index in [4.69, 9.17) is 21.1 Å². The van der Waals surface area contributed by atoms with Crippen LogP contribution in [0, 0.1) is 11.7 Å². The molecule has 0 spiro atoms. The van der Waals surface area contributed by atoms with Gasteiger partial charge in [0.25, 0.3) is 5.91 Å². The smallest absolute Gasteiger partial charge is 0.406 e. The molecule has 9 heteroatoms. The van der Waals surface area contributed by atoms with Crippen molar-refractivity contribution in [1.82, 2.24) is 16.0 Å².